The second-order valence-electron chi connectivity index (χ2n) is 6.28. The smallest absolute Gasteiger partial charge is 0.262 e. The first-order valence-corrected chi connectivity index (χ1v) is 8.74. The number of H-pyrrole nitrogens is 1. The molecule has 0 bridgehead atoms. The lowest BCUT2D eigenvalue weighted by Crippen LogP contribution is -2.16. The fourth-order valence-electron chi connectivity index (χ4n) is 3.07. The van der Waals surface area contributed by atoms with Gasteiger partial charge in [-0.3, -0.25) is 14.3 Å². The first-order chi connectivity index (χ1) is 13.0. The van der Waals surface area contributed by atoms with Crippen molar-refractivity contribution in [2.75, 3.05) is 0 Å². The molecule has 7 heteroatoms. The Morgan fingerprint density at radius 2 is 2.04 bits per heavy atom. The third kappa shape index (κ3) is 2.82. The summed E-state index contributed by atoms with van der Waals surface area (Å²) in [7, 11) is 0. The maximum absolute atomic E-state index is 12.5. The fourth-order valence-corrected chi connectivity index (χ4v) is 3.34. The van der Waals surface area contributed by atoms with Crippen LogP contribution >= 0.6 is 12.2 Å². The molecule has 1 aromatic carbocycles. The molecule has 4 rings (SSSR count). The zero-order valence-electron chi connectivity index (χ0n) is 14.7. The second-order valence-corrected chi connectivity index (χ2v) is 6.67. The van der Waals surface area contributed by atoms with Crippen molar-refractivity contribution in [1.82, 2.24) is 14.5 Å². The minimum Gasteiger partial charge on any atom is -0.494 e. The van der Waals surface area contributed by atoms with Crippen LogP contribution in [-0.4, -0.2) is 25.9 Å². The van der Waals surface area contributed by atoms with Crippen molar-refractivity contribution in [2.45, 2.75) is 13.8 Å². The molecule has 0 spiro atoms. The Hall–Kier alpha value is -3.32. The highest BCUT2D eigenvalue weighted by Crippen LogP contribution is 2.32. The Morgan fingerprint density at radius 1 is 1.22 bits per heavy atom. The van der Waals surface area contributed by atoms with Gasteiger partial charge in [0.2, 0.25) is 5.88 Å². The van der Waals surface area contributed by atoms with E-state index in [0.29, 0.717) is 11.4 Å². The second kappa shape index (κ2) is 6.44. The van der Waals surface area contributed by atoms with Gasteiger partial charge in [-0.2, -0.15) is 0 Å². The predicted octanol–water partition coefficient (Wildman–Crippen LogP) is 3.87. The van der Waals surface area contributed by atoms with Crippen molar-refractivity contribution in [1.29, 1.82) is 0 Å². The van der Waals surface area contributed by atoms with Crippen LogP contribution in [0, 0.1) is 18.6 Å². The SMILES string of the molecule is Cc1cccc(-n2c(O)c(/C=C3/C=Nc4ncccc43)c(=O)[nH]c2=S)c1C. The van der Waals surface area contributed by atoms with Gasteiger partial charge < -0.3 is 5.11 Å². The number of pyridine rings is 1. The molecule has 134 valence electrons. The van der Waals surface area contributed by atoms with Crippen molar-refractivity contribution in [3.8, 4) is 11.6 Å². The molecule has 1 aliphatic rings. The molecule has 0 saturated carbocycles. The highest BCUT2D eigenvalue weighted by molar-refractivity contribution is 7.71. The number of rotatable bonds is 2. The highest BCUT2D eigenvalue weighted by atomic mass is 32.1. The largest absolute Gasteiger partial charge is 0.494 e. The number of aryl methyl sites for hydroxylation is 1. The van der Waals surface area contributed by atoms with Crippen molar-refractivity contribution in [3.63, 3.8) is 0 Å². The van der Waals surface area contributed by atoms with E-state index in [4.69, 9.17) is 12.2 Å². The minimum atomic E-state index is -0.461. The first kappa shape index (κ1) is 17.1. The molecule has 27 heavy (non-hydrogen) atoms. The van der Waals surface area contributed by atoms with Crippen LogP contribution in [0.4, 0.5) is 5.82 Å². The molecule has 6 nitrogen and oxygen atoms in total. The third-order valence-electron chi connectivity index (χ3n) is 4.66. The average molecular weight is 376 g/mol. The van der Waals surface area contributed by atoms with Crippen molar-refractivity contribution in [2.24, 2.45) is 4.99 Å². The summed E-state index contributed by atoms with van der Waals surface area (Å²) < 4.78 is 1.61. The molecule has 0 amide bonds. The predicted molar refractivity (Wildman–Crippen MR) is 109 cm³/mol. The number of allylic oxidation sites excluding steroid dienone is 1. The molecule has 2 aromatic heterocycles. The summed E-state index contributed by atoms with van der Waals surface area (Å²) in [4.78, 5) is 23.6. The summed E-state index contributed by atoms with van der Waals surface area (Å²) in [5.41, 5.74) is 3.89. The topological polar surface area (TPSA) is 83.3 Å². The first-order valence-electron chi connectivity index (χ1n) is 8.33. The van der Waals surface area contributed by atoms with Gasteiger partial charge in [0, 0.05) is 23.5 Å². The van der Waals surface area contributed by atoms with Crippen LogP contribution in [0.25, 0.3) is 17.3 Å². The van der Waals surface area contributed by atoms with E-state index >= 15 is 0 Å². The van der Waals surface area contributed by atoms with Gasteiger partial charge in [-0.05, 0) is 61.5 Å². The molecule has 0 atom stereocenters. The molecule has 2 N–H and O–H groups in total. The number of aromatic amines is 1. The van der Waals surface area contributed by atoms with Crippen LogP contribution in [0.1, 0.15) is 22.3 Å². The van der Waals surface area contributed by atoms with Gasteiger partial charge in [-0.25, -0.2) is 9.98 Å². The minimum absolute atomic E-state index is 0.114. The number of fused-ring (bicyclic) bond motifs is 1. The van der Waals surface area contributed by atoms with Gasteiger partial charge in [0.1, 0.15) is 5.56 Å². The Labute approximate surface area is 160 Å². The highest BCUT2D eigenvalue weighted by Gasteiger charge is 2.18. The van der Waals surface area contributed by atoms with Crippen LogP contribution < -0.4 is 5.56 Å². The molecular formula is C20H16N4O2S. The van der Waals surface area contributed by atoms with E-state index < -0.39 is 5.56 Å². The van der Waals surface area contributed by atoms with E-state index in [2.05, 4.69) is 15.0 Å². The Balaban J connectivity index is 1.96. The number of nitrogens with zero attached hydrogens (tertiary/aromatic N) is 3. The zero-order valence-corrected chi connectivity index (χ0v) is 15.5. The maximum atomic E-state index is 12.5. The summed E-state index contributed by atoms with van der Waals surface area (Å²) in [6, 6.07) is 9.38. The summed E-state index contributed by atoms with van der Waals surface area (Å²) in [5.74, 6) is 0.373. The van der Waals surface area contributed by atoms with Gasteiger partial charge in [0.05, 0.1) is 5.69 Å². The maximum Gasteiger partial charge on any atom is 0.262 e. The summed E-state index contributed by atoms with van der Waals surface area (Å²) in [6.07, 6.45) is 4.88. The van der Waals surface area contributed by atoms with Gasteiger partial charge >= 0.3 is 0 Å². The molecule has 0 fully saturated rings. The number of aliphatic imine (C=N–C) groups is 1. The van der Waals surface area contributed by atoms with E-state index in [1.165, 1.54) is 4.57 Å². The van der Waals surface area contributed by atoms with Gasteiger partial charge in [-0.15, -0.1) is 0 Å². The average Bonchev–Trinajstić information content (AvgIpc) is 3.05. The van der Waals surface area contributed by atoms with Crippen molar-refractivity contribution < 1.29 is 5.11 Å². The molecule has 3 heterocycles. The Bertz CT molecular complexity index is 1250. The standard InChI is InChI=1S/C20H16N4O2S/c1-11-5-3-7-16(12(11)2)24-19(26)15(18(25)23-20(24)27)9-13-10-22-17-14(13)6-4-8-21-17/h3-10,26H,1-2H3,(H,23,25,27)/b13-9-. The monoisotopic (exact) mass is 376 g/mol. The zero-order chi connectivity index (χ0) is 19.1. The molecule has 3 aromatic rings. The van der Waals surface area contributed by atoms with Crippen LogP contribution in [-0.2, 0) is 0 Å². The van der Waals surface area contributed by atoms with E-state index in [-0.39, 0.29) is 16.2 Å². The van der Waals surface area contributed by atoms with Gasteiger partial charge in [0.25, 0.3) is 5.56 Å². The van der Waals surface area contributed by atoms with Crippen LogP contribution in [0.3, 0.4) is 0 Å². The Kier molecular flexibility index (Phi) is 4.08. The normalized spacial score (nSPS) is 13.9. The number of aromatic nitrogens is 3. The summed E-state index contributed by atoms with van der Waals surface area (Å²) in [6.45, 7) is 3.92. The van der Waals surface area contributed by atoms with Crippen molar-refractivity contribution >= 4 is 35.9 Å². The number of aromatic hydroxyl groups is 1. The van der Waals surface area contributed by atoms with Gasteiger partial charge in [0.15, 0.2) is 10.6 Å². The lowest BCUT2D eigenvalue weighted by Gasteiger charge is -2.15. The summed E-state index contributed by atoms with van der Waals surface area (Å²) in [5, 5.41) is 10.9. The molecule has 0 unspecified atom stereocenters. The van der Waals surface area contributed by atoms with Crippen LogP contribution in [0.15, 0.2) is 46.3 Å². The molecule has 0 radical (unpaired) electrons. The third-order valence-corrected chi connectivity index (χ3v) is 4.95. The lowest BCUT2D eigenvalue weighted by molar-refractivity contribution is 0.431. The van der Waals surface area contributed by atoms with E-state index in [9.17, 15) is 9.90 Å². The Morgan fingerprint density at radius 3 is 2.85 bits per heavy atom. The molecule has 1 aliphatic heterocycles. The van der Waals surface area contributed by atoms with Crippen LogP contribution in [0.5, 0.6) is 5.88 Å². The number of benzene rings is 1. The quantitative estimate of drug-likeness (QED) is 0.665. The van der Waals surface area contributed by atoms with Gasteiger partial charge in [-0.1, -0.05) is 12.1 Å². The molecule has 0 saturated heterocycles. The molecular weight excluding hydrogens is 360 g/mol. The van der Waals surface area contributed by atoms with E-state index in [1.807, 2.05) is 38.1 Å². The number of hydrogen-bond acceptors (Lipinski definition) is 5. The molecule has 0 aliphatic carbocycles. The van der Waals surface area contributed by atoms with Crippen molar-refractivity contribution in [3.05, 3.63) is 73.9 Å². The van der Waals surface area contributed by atoms with E-state index in [0.717, 1.165) is 22.4 Å². The summed E-state index contributed by atoms with van der Waals surface area (Å²) >= 11 is 5.31. The fraction of sp³-hybridized carbons (Fsp3) is 0.100. The lowest BCUT2D eigenvalue weighted by atomic mass is 10.1. The number of nitrogens with one attached hydrogen (secondary N) is 1. The van der Waals surface area contributed by atoms with E-state index in [1.54, 1.807) is 24.6 Å². The number of hydrogen-bond donors (Lipinski definition) is 2. The van der Waals surface area contributed by atoms with Crippen LogP contribution in [0.2, 0.25) is 0 Å².